The van der Waals surface area contributed by atoms with Crippen LogP contribution in [-0.4, -0.2) is 34.2 Å². The fourth-order valence-electron chi connectivity index (χ4n) is 2.58. The average molecular weight is 444 g/mol. The normalized spacial score (nSPS) is 10.2. The van der Waals surface area contributed by atoms with Crippen LogP contribution < -0.4 is 10.6 Å². The summed E-state index contributed by atoms with van der Waals surface area (Å²) in [5, 5.41) is 26.5. The fraction of sp³-hybridized carbons (Fsp3) is 0.250. The molecule has 2 rings (SSSR count). The number of nitro benzene ring substituents is 2. The Morgan fingerprint density at radius 2 is 1.50 bits per heavy atom. The Balaban J connectivity index is 1.69. The van der Waals surface area contributed by atoms with Crippen LogP contribution in [0.3, 0.4) is 0 Å². The van der Waals surface area contributed by atoms with Gasteiger partial charge in [0, 0.05) is 48.0 Å². The molecule has 0 bridgehead atoms. The second kappa shape index (κ2) is 11.2. The first kappa shape index (κ1) is 23.9. The molecule has 0 spiro atoms. The molecular formula is C20H20N4O8. The molecule has 0 saturated heterocycles. The molecule has 32 heavy (non-hydrogen) atoms. The maximum absolute atomic E-state index is 11.9. The van der Waals surface area contributed by atoms with Gasteiger partial charge >= 0.3 is 5.97 Å². The van der Waals surface area contributed by atoms with E-state index in [0.717, 1.165) is 0 Å². The minimum absolute atomic E-state index is 0.00528. The Kier molecular flexibility index (Phi) is 8.34. The number of nitrogens with one attached hydrogen (secondary N) is 2. The van der Waals surface area contributed by atoms with Crippen LogP contribution >= 0.6 is 0 Å². The number of nitrogens with zero attached hydrogens (tertiary/aromatic N) is 2. The van der Waals surface area contributed by atoms with Crippen LogP contribution in [0.5, 0.6) is 0 Å². The van der Waals surface area contributed by atoms with Crippen molar-refractivity contribution < 1.29 is 29.0 Å². The van der Waals surface area contributed by atoms with E-state index in [1.54, 1.807) is 6.92 Å². The van der Waals surface area contributed by atoms with Gasteiger partial charge in [-0.3, -0.25) is 34.6 Å². The third kappa shape index (κ3) is 7.48. The number of amides is 2. The van der Waals surface area contributed by atoms with Crippen molar-refractivity contribution in [3.05, 3.63) is 68.3 Å². The molecule has 0 heterocycles. The Bertz CT molecular complexity index is 1040. The number of aryl methyl sites for hydroxylation is 1. The van der Waals surface area contributed by atoms with Gasteiger partial charge in [-0.15, -0.1) is 0 Å². The molecule has 12 heteroatoms. The molecular weight excluding hydrogens is 424 g/mol. The molecule has 0 saturated carbocycles. The first-order valence-corrected chi connectivity index (χ1v) is 9.40. The summed E-state index contributed by atoms with van der Waals surface area (Å²) in [7, 11) is 0. The minimum atomic E-state index is -0.682. The van der Waals surface area contributed by atoms with E-state index in [9.17, 15) is 34.6 Å². The Morgan fingerprint density at radius 1 is 0.875 bits per heavy atom. The van der Waals surface area contributed by atoms with E-state index in [1.165, 1.54) is 42.5 Å². The second-order valence-electron chi connectivity index (χ2n) is 6.67. The van der Waals surface area contributed by atoms with E-state index in [0.29, 0.717) is 11.3 Å². The van der Waals surface area contributed by atoms with E-state index in [-0.39, 0.29) is 42.2 Å². The lowest BCUT2D eigenvalue weighted by molar-refractivity contribution is -0.385. The standard InChI is InChI=1S/C20H20N4O8/c1-13-5-6-15(11-17(13)24(30)31)22-19(26)12-32-20(27)4-2-3-18(25)21-14-7-9-16(10-8-14)23(28)29/h5-11H,2-4,12H2,1H3,(H,21,25)(H,22,26). The summed E-state index contributed by atoms with van der Waals surface area (Å²) in [6.07, 6.45) is 0.0751. The lowest BCUT2D eigenvalue weighted by Crippen LogP contribution is -2.21. The number of anilines is 2. The lowest BCUT2D eigenvalue weighted by atomic mass is 10.2. The third-order valence-corrected chi connectivity index (χ3v) is 4.20. The van der Waals surface area contributed by atoms with E-state index >= 15 is 0 Å². The number of rotatable bonds is 10. The molecule has 0 aliphatic rings. The van der Waals surface area contributed by atoms with E-state index < -0.39 is 28.3 Å². The van der Waals surface area contributed by atoms with Crippen LogP contribution in [0.4, 0.5) is 22.7 Å². The summed E-state index contributed by atoms with van der Waals surface area (Å²) in [6, 6.07) is 9.49. The number of non-ortho nitro benzene ring substituents is 1. The van der Waals surface area contributed by atoms with Crippen LogP contribution in [0.1, 0.15) is 24.8 Å². The summed E-state index contributed by atoms with van der Waals surface area (Å²) in [6.45, 7) is 0.993. The van der Waals surface area contributed by atoms with Crippen LogP contribution in [0.2, 0.25) is 0 Å². The summed E-state index contributed by atoms with van der Waals surface area (Å²) in [5.41, 5.74) is 0.779. The first-order chi connectivity index (χ1) is 15.2. The van der Waals surface area contributed by atoms with Gasteiger partial charge in [0.15, 0.2) is 6.61 Å². The molecule has 0 aromatic heterocycles. The zero-order valence-corrected chi connectivity index (χ0v) is 17.0. The number of benzene rings is 2. The highest BCUT2D eigenvalue weighted by Crippen LogP contribution is 2.22. The van der Waals surface area contributed by atoms with Crippen molar-refractivity contribution in [3.63, 3.8) is 0 Å². The molecule has 0 aliphatic carbocycles. The molecule has 168 valence electrons. The van der Waals surface area contributed by atoms with Crippen molar-refractivity contribution in [1.29, 1.82) is 0 Å². The van der Waals surface area contributed by atoms with Crippen molar-refractivity contribution in [2.24, 2.45) is 0 Å². The average Bonchev–Trinajstić information content (AvgIpc) is 2.73. The van der Waals surface area contributed by atoms with Gasteiger partial charge < -0.3 is 15.4 Å². The summed E-state index contributed by atoms with van der Waals surface area (Å²) < 4.78 is 4.83. The van der Waals surface area contributed by atoms with Crippen molar-refractivity contribution >= 4 is 40.5 Å². The number of esters is 1. The van der Waals surface area contributed by atoms with Gasteiger partial charge in [-0.05, 0) is 31.5 Å². The highest BCUT2D eigenvalue weighted by atomic mass is 16.6. The van der Waals surface area contributed by atoms with Gasteiger partial charge in [-0.25, -0.2) is 0 Å². The molecule has 0 unspecified atom stereocenters. The topological polar surface area (TPSA) is 171 Å². The maximum atomic E-state index is 11.9. The van der Waals surface area contributed by atoms with Crippen molar-refractivity contribution in [3.8, 4) is 0 Å². The largest absolute Gasteiger partial charge is 0.456 e. The zero-order chi connectivity index (χ0) is 23.7. The van der Waals surface area contributed by atoms with Crippen molar-refractivity contribution in [2.45, 2.75) is 26.2 Å². The molecule has 2 aromatic carbocycles. The number of ether oxygens (including phenoxy) is 1. The maximum Gasteiger partial charge on any atom is 0.306 e. The molecule has 0 fully saturated rings. The Morgan fingerprint density at radius 3 is 2.12 bits per heavy atom. The number of carbonyl (C=O) groups is 3. The molecule has 2 amide bonds. The highest BCUT2D eigenvalue weighted by Gasteiger charge is 2.14. The van der Waals surface area contributed by atoms with Gasteiger partial charge in [0.2, 0.25) is 5.91 Å². The SMILES string of the molecule is Cc1ccc(NC(=O)COC(=O)CCCC(=O)Nc2ccc([N+](=O)[O-])cc2)cc1[N+](=O)[O-]. The van der Waals surface area contributed by atoms with Crippen molar-refractivity contribution in [2.75, 3.05) is 17.2 Å². The van der Waals surface area contributed by atoms with Gasteiger partial charge in [0.25, 0.3) is 17.3 Å². The van der Waals surface area contributed by atoms with Gasteiger partial charge in [0.1, 0.15) is 0 Å². The Hall–Kier alpha value is -4.35. The van der Waals surface area contributed by atoms with Gasteiger partial charge in [0.05, 0.1) is 9.85 Å². The lowest BCUT2D eigenvalue weighted by Gasteiger charge is -2.08. The molecule has 0 radical (unpaired) electrons. The minimum Gasteiger partial charge on any atom is -0.456 e. The van der Waals surface area contributed by atoms with Crippen molar-refractivity contribution in [1.82, 2.24) is 0 Å². The van der Waals surface area contributed by atoms with E-state index in [4.69, 9.17) is 4.74 Å². The second-order valence-corrected chi connectivity index (χ2v) is 6.67. The Labute approximate surface area is 181 Å². The van der Waals surface area contributed by atoms with Gasteiger partial charge in [-0.1, -0.05) is 6.07 Å². The predicted molar refractivity (Wildman–Crippen MR) is 113 cm³/mol. The van der Waals surface area contributed by atoms with Gasteiger partial charge in [-0.2, -0.15) is 0 Å². The fourth-order valence-corrected chi connectivity index (χ4v) is 2.58. The van der Waals surface area contributed by atoms with E-state index in [1.807, 2.05) is 0 Å². The third-order valence-electron chi connectivity index (χ3n) is 4.20. The molecule has 0 atom stereocenters. The van der Waals surface area contributed by atoms with Crippen LogP contribution in [-0.2, 0) is 19.1 Å². The molecule has 2 aromatic rings. The number of hydrogen-bond acceptors (Lipinski definition) is 8. The van der Waals surface area contributed by atoms with Crippen LogP contribution in [0, 0.1) is 27.2 Å². The number of carbonyl (C=O) groups excluding carboxylic acids is 3. The number of hydrogen-bond donors (Lipinski definition) is 2. The summed E-state index contributed by atoms with van der Waals surface area (Å²) >= 11 is 0. The smallest absolute Gasteiger partial charge is 0.306 e. The molecule has 12 nitrogen and oxygen atoms in total. The predicted octanol–water partition coefficient (Wildman–Crippen LogP) is 3.10. The van der Waals surface area contributed by atoms with Crippen LogP contribution in [0.15, 0.2) is 42.5 Å². The highest BCUT2D eigenvalue weighted by molar-refractivity contribution is 5.93. The monoisotopic (exact) mass is 444 g/mol. The summed E-state index contributed by atoms with van der Waals surface area (Å²) in [4.78, 5) is 55.9. The molecule has 0 aliphatic heterocycles. The van der Waals surface area contributed by atoms with Crippen LogP contribution in [0.25, 0.3) is 0 Å². The van der Waals surface area contributed by atoms with E-state index in [2.05, 4.69) is 10.6 Å². The zero-order valence-electron chi connectivity index (χ0n) is 17.0. The summed E-state index contributed by atoms with van der Waals surface area (Å²) in [5.74, 6) is -1.73. The number of nitro groups is 2. The molecule has 2 N–H and O–H groups in total. The quantitative estimate of drug-likeness (QED) is 0.320. The first-order valence-electron chi connectivity index (χ1n) is 9.40.